The van der Waals surface area contributed by atoms with Crippen molar-refractivity contribution in [3.8, 4) is 0 Å². The first kappa shape index (κ1) is 16.8. The van der Waals surface area contributed by atoms with Crippen molar-refractivity contribution in [1.82, 2.24) is 10.2 Å². The summed E-state index contributed by atoms with van der Waals surface area (Å²) in [6.07, 6.45) is 0.734. The van der Waals surface area contributed by atoms with E-state index < -0.39 is 11.7 Å². The molecule has 1 aromatic rings. The lowest BCUT2D eigenvalue weighted by Crippen LogP contribution is -2.40. The third kappa shape index (κ3) is 4.22. The number of hydrogen-bond donors (Lipinski definition) is 1. The number of nitrogens with zero attached hydrogens (tertiary/aromatic N) is 1. The van der Waals surface area contributed by atoms with Crippen LogP contribution in [0.3, 0.4) is 0 Å². The molecule has 6 heteroatoms. The molecule has 0 saturated heterocycles. The number of nitrogens with one attached hydrogen (secondary N) is 1. The zero-order valence-corrected chi connectivity index (χ0v) is 14.5. The Kier molecular flexibility index (Phi) is 5.11. The van der Waals surface area contributed by atoms with Gasteiger partial charge in [-0.1, -0.05) is 0 Å². The summed E-state index contributed by atoms with van der Waals surface area (Å²) in [4.78, 5) is 27.2. The molecule has 1 aliphatic rings. The van der Waals surface area contributed by atoms with Gasteiger partial charge in [0, 0.05) is 24.4 Å². The fourth-order valence-corrected chi connectivity index (χ4v) is 3.54. The Bertz CT molecular complexity index is 548. The van der Waals surface area contributed by atoms with E-state index in [0.29, 0.717) is 13.0 Å². The molecular formula is C16H24N2O3S. The third-order valence-corrected chi connectivity index (χ3v) is 4.60. The Balaban J connectivity index is 1.80. The smallest absolute Gasteiger partial charge is 0.407 e. The summed E-state index contributed by atoms with van der Waals surface area (Å²) in [5.41, 5.74) is 0.731. The summed E-state index contributed by atoms with van der Waals surface area (Å²) in [5.74, 6) is 0.0698. The summed E-state index contributed by atoms with van der Waals surface area (Å²) in [7, 11) is 0. The van der Waals surface area contributed by atoms with Crippen molar-refractivity contribution in [1.29, 1.82) is 0 Å². The van der Waals surface area contributed by atoms with Gasteiger partial charge < -0.3 is 15.0 Å². The number of carbonyl (C=O) groups excluding carboxylic acids is 2. The second-order valence-electron chi connectivity index (χ2n) is 6.49. The minimum Gasteiger partial charge on any atom is -0.444 e. The first-order chi connectivity index (χ1) is 10.3. The second kappa shape index (κ2) is 6.69. The van der Waals surface area contributed by atoms with Gasteiger partial charge in [0.15, 0.2) is 0 Å². The Morgan fingerprint density at radius 1 is 1.45 bits per heavy atom. The van der Waals surface area contributed by atoms with E-state index in [4.69, 9.17) is 4.74 Å². The molecule has 0 aliphatic carbocycles. The summed E-state index contributed by atoms with van der Waals surface area (Å²) >= 11 is 1.76. The van der Waals surface area contributed by atoms with Crippen molar-refractivity contribution in [2.45, 2.75) is 52.2 Å². The highest BCUT2D eigenvalue weighted by atomic mass is 32.1. The number of alkyl carbamates (subject to hydrolysis) is 1. The van der Waals surface area contributed by atoms with Crippen LogP contribution >= 0.6 is 11.3 Å². The molecule has 2 heterocycles. The molecule has 0 spiro atoms. The van der Waals surface area contributed by atoms with E-state index in [1.165, 1.54) is 10.4 Å². The van der Waals surface area contributed by atoms with E-state index in [0.717, 1.165) is 13.0 Å². The van der Waals surface area contributed by atoms with E-state index >= 15 is 0 Å². The average molecular weight is 324 g/mol. The van der Waals surface area contributed by atoms with Crippen LogP contribution in [0.25, 0.3) is 0 Å². The molecule has 0 fully saturated rings. The van der Waals surface area contributed by atoms with Crippen LogP contribution < -0.4 is 5.32 Å². The van der Waals surface area contributed by atoms with Gasteiger partial charge in [-0.2, -0.15) is 0 Å². The van der Waals surface area contributed by atoms with Gasteiger partial charge in [0.1, 0.15) is 5.60 Å². The van der Waals surface area contributed by atoms with Crippen LogP contribution in [0.1, 0.15) is 50.6 Å². The molecule has 2 rings (SSSR count). The Hall–Kier alpha value is -1.56. The topological polar surface area (TPSA) is 58.6 Å². The van der Waals surface area contributed by atoms with Crippen LogP contribution in [-0.4, -0.2) is 35.6 Å². The number of thiophene rings is 1. The zero-order valence-electron chi connectivity index (χ0n) is 13.6. The number of carbonyl (C=O) groups is 2. The van der Waals surface area contributed by atoms with E-state index in [1.807, 2.05) is 25.7 Å². The standard InChI is InChI=1S/C16H24N2O3S/c1-11-12-7-10-22-13(12)6-9-18(11)14(19)5-8-17-15(20)21-16(2,3)4/h7,10-11H,5-6,8-9H2,1-4H3,(H,17,20)/t11-/m1/s1. The van der Waals surface area contributed by atoms with E-state index in [1.54, 1.807) is 11.3 Å². The third-order valence-electron chi connectivity index (χ3n) is 3.60. The lowest BCUT2D eigenvalue weighted by Gasteiger charge is -2.33. The molecule has 0 saturated carbocycles. The maximum absolute atomic E-state index is 12.3. The van der Waals surface area contributed by atoms with Crippen LogP contribution in [0.4, 0.5) is 4.79 Å². The highest BCUT2D eigenvalue weighted by Crippen LogP contribution is 2.32. The molecule has 122 valence electrons. The van der Waals surface area contributed by atoms with Gasteiger partial charge in [-0.15, -0.1) is 11.3 Å². The molecule has 2 amide bonds. The molecule has 0 aromatic carbocycles. The number of fused-ring (bicyclic) bond motifs is 1. The number of rotatable bonds is 3. The van der Waals surface area contributed by atoms with Crippen molar-refractivity contribution in [3.63, 3.8) is 0 Å². The van der Waals surface area contributed by atoms with Crippen molar-refractivity contribution < 1.29 is 14.3 Å². The molecule has 22 heavy (non-hydrogen) atoms. The fourth-order valence-electron chi connectivity index (χ4n) is 2.58. The van der Waals surface area contributed by atoms with Crippen LogP contribution in [0.5, 0.6) is 0 Å². The second-order valence-corrected chi connectivity index (χ2v) is 7.49. The van der Waals surface area contributed by atoms with Gasteiger partial charge in [-0.25, -0.2) is 4.79 Å². The van der Waals surface area contributed by atoms with Crippen molar-refractivity contribution >= 4 is 23.3 Å². The SMILES string of the molecule is C[C@@H]1c2ccsc2CCN1C(=O)CCNC(=O)OC(C)(C)C. The minimum absolute atomic E-state index is 0.0698. The van der Waals surface area contributed by atoms with E-state index in [2.05, 4.69) is 23.7 Å². The summed E-state index contributed by atoms with van der Waals surface area (Å²) in [5, 5.41) is 4.71. The molecule has 5 nitrogen and oxygen atoms in total. The summed E-state index contributed by atoms with van der Waals surface area (Å²) < 4.78 is 5.15. The average Bonchev–Trinajstić information content (AvgIpc) is 2.86. The van der Waals surface area contributed by atoms with Crippen LogP contribution in [0.2, 0.25) is 0 Å². The van der Waals surface area contributed by atoms with Gasteiger partial charge >= 0.3 is 6.09 Å². The highest BCUT2D eigenvalue weighted by Gasteiger charge is 2.28. The largest absolute Gasteiger partial charge is 0.444 e. The maximum Gasteiger partial charge on any atom is 0.407 e. The first-order valence-corrected chi connectivity index (χ1v) is 8.48. The molecule has 0 unspecified atom stereocenters. The van der Waals surface area contributed by atoms with Gasteiger partial charge in [0.05, 0.1) is 6.04 Å². The van der Waals surface area contributed by atoms with Gasteiger partial charge in [-0.05, 0) is 51.1 Å². The van der Waals surface area contributed by atoms with E-state index in [9.17, 15) is 9.59 Å². The Labute approximate surface area is 135 Å². The normalized spacial score (nSPS) is 17.8. The predicted octanol–water partition coefficient (Wildman–Crippen LogP) is 3.11. The minimum atomic E-state index is -0.523. The number of ether oxygens (including phenoxy) is 1. The predicted molar refractivity (Wildman–Crippen MR) is 87.0 cm³/mol. The monoisotopic (exact) mass is 324 g/mol. The van der Waals surface area contributed by atoms with Crippen molar-refractivity contribution in [3.05, 3.63) is 21.9 Å². The Morgan fingerprint density at radius 3 is 2.86 bits per heavy atom. The first-order valence-electron chi connectivity index (χ1n) is 7.60. The lowest BCUT2D eigenvalue weighted by molar-refractivity contribution is -0.133. The number of amides is 2. The Morgan fingerprint density at radius 2 is 2.18 bits per heavy atom. The molecule has 0 radical (unpaired) electrons. The fraction of sp³-hybridized carbons (Fsp3) is 0.625. The molecular weight excluding hydrogens is 300 g/mol. The highest BCUT2D eigenvalue weighted by molar-refractivity contribution is 7.10. The zero-order chi connectivity index (χ0) is 16.3. The van der Waals surface area contributed by atoms with E-state index in [-0.39, 0.29) is 11.9 Å². The molecule has 1 aromatic heterocycles. The number of hydrogen-bond acceptors (Lipinski definition) is 4. The molecule has 0 bridgehead atoms. The quantitative estimate of drug-likeness (QED) is 0.929. The summed E-state index contributed by atoms with van der Waals surface area (Å²) in [6, 6.07) is 2.22. The molecule has 1 atom stereocenters. The van der Waals surface area contributed by atoms with Gasteiger partial charge in [0.2, 0.25) is 5.91 Å². The van der Waals surface area contributed by atoms with Gasteiger partial charge in [0.25, 0.3) is 0 Å². The van der Waals surface area contributed by atoms with Crippen LogP contribution in [-0.2, 0) is 16.0 Å². The maximum atomic E-state index is 12.3. The molecule has 1 N–H and O–H groups in total. The van der Waals surface area contributed by atoms with Crippen molar-refractivity contribution in [2.75, 3.05) is 13.1 Å². The molecule has 1 aliphatic heterocycles. The van der Waals surface area contributed by atoms with Gasteiger partial charge in [-0.3, -0.25) is 4.79 Å². The lowest BCUT2D eigenvalue weighted by atomic mass is 10.0. The van der Waals surface area contributed by atoms with Crippen molar-refractivity contribution in [2.24, 2.45) is 0 Å². The van der Waals surface area contributed by atoms with Crippen LogP contribution in [0.15, 0.2) is 11.4 Å². The van der Waals surface area contributed by atoms with Crippen LogP contribution in [0, 0.1) is 0 Å². The summed E-state index contributed by atoms with van der Waals surface area (Å²) in [6.45, 7) is 8.54.